The van der Waals surface area contributed by atoms with Gasteiger partial charge in [0.25, 0.3) is 0 Å². The molecule has 0 heterocycles. The Kier molecular flexibility index (Phi) is 3.87. The van der Waals surface area contributed by atoms with Gasteiger partial charge >= 0.3 is 0 Å². The van der Waals surface area contributed by atoms with Gasteiger partial charge in [-0.3, -0.25) is 0 Å². The Morgan fingerprint density at radius 2 is 1.86 bits per heavy atom. The lowest BCUT2D eigenvalue weighted by atomic mass is 9.98. The highest BCUT2D eigenvalue weighted by Gasteiger charge is 2.47. The molecule has 0 spiro atoms. The predicted octanol–water partition coefficient (Wildman–Crippen LogP) is 3.89. The van der Waals surface area contributed by atoms with Crippen molar-refractivity contribution in [3.63, 3.8) is 0 Å². The number of benzene rings is 1. The molecule has 2 atom stereocenters. The summed E-state index contributed by atoms with van der Waals surface area (Å²) in [5, 5.41) is 10.1. The Morgan fingerprint density at radius 3 is 2.43 bits per heavy atom. The van der Waals surface area contributed by atoms with Crippen LogP contribution >= 0.6 is 0 Å². The molecule has 0 bridgehead atoms. The maximum Gasteiger partial charge on any atom is 0.161 e. The zero-order valence-electron chi connectivity index (χ0n) is 13.3. The van der Waals surface area contributed by atoms with E-state index in [1.165, 1.54) is 18.4 Å². The van der Waals surface area contributed by atoms with Crippen molar-refractivity contribution >= 4 is 0 Å². The molecule has 0 amide bonds. The quantitative estimate of drug-likeness (QED) is 0.894. The van der Waals surface area contributed by atoms with Gasteiger partial charge in [0.2, 0.25) is 0 Å². The van der Waals surface area contributed by atoms with Crippen molar-refractivity contribution in [1.82, 2.24) is 0 Å². The monoisotopic (exact) mass is 290 g/mol. The first-order valence-corrected chi connectivity index (χ1v) is 8.06. The van der Waals surface area contributed by atoms with E-state index in [4.69, 9.17) is 9.47 Å². The Balaban J connectivity index is 1.77. The molecule has 116 valence electrons. The number of hydrogen-bond donors (Lipinski definition) is 1. The van der Waals surface area contributed by atoms with Gasteiger partial charge in [0.15, 0.2) is 11.5 Å². The molecule has 21 heavy (non-hydrogen) atoms. The van der Waals surface area contributed by atoms with Crippen molar-refractivity contribution in [2.45, 2.75) is 63.6 Å². The van der Waals surface area contributed by atoms with Crippen LogP contribution in [0.25, 0.3) is 0 Å². The van der Waals surface area contributed by atoms with E-state index in [1.54, 1.807) is 7.11 Å². The van der Waals surface area contributed by atoms with Crippen molar-refractivity contribution in [3.05, 3.63) is 23.8 Å². The number of hydrogen-bond acceptors (Lipinski definition) is 3. The van der Waals surface area contributed by atoms with E-state index < -0.39 is 5.60 Å². The molecule has 0 saturated heterocycles. The average molecular weight is 290 g/mol. The largest absolute Gasteiger partial charge is 0.493 e. The van der Waals surface area contributed by atoms with Gasteiger partial charge in [0.05, 0.1) is 18.8 Å². The van der Waals surface area contributed by atoms with Crippen molar-refractivity contribution < 1.29 is 14.6 Å². The lowest BCUT2D eigenvalue weighted by Gasteiger charge is -2.19. The topological polar surface area (TPSA) is 38.7 Å². The highest BCUT2D eigenvalue weighted by molar-refractivity contribution is 5.45. The predicted molar refractivity (Wildman–Crippen MR) is 83.0 cm³/mol. The first kappa shape index (κ1) is 14.7. The minimum absolute atomic E-state index is 0.332. The molecular formula is C18H26O3. The summed E-state index contributed by atoms with van der Waals surface area (Å²) in [4.78, 5) is 0. The fraction of sp³-hybridized carbons (Fsp3) is 0.667. The molecule has 0 aliphatic heterocycles. The van der Waals surface area contributed by atoms with Crippen molar-refractivity contribution in [2.24, 2.45) is 5.92 Å². The van der Waals surface area contributed by atoms with E-state index in [0.717, 1.165) is 30.8 Å². The molecule has 1 aromatic carbocycles. The second-order valence-electron chi connectivity index (χ2n) is 7.04. The normalized spacial score (nSPS) is 25.9. The Labute approximate surface area is 127 Å². The molecule has 2 fully saturated rings. The van der Waals surface area contributed by atoms with Crippen LogP contribution in [-0.2, 0) is 0 Å². The summed E-state index contributed by atoms with van der Waals surface area (Å²) in [6.07, 6.45) is 6.19. The second-order valence-corrected chi connectivity index (χ2v) is 7.04. The van der Waals surface area contributed by atoms with E-state index in [0.29, 0.717) is 17.9 Å². The van der Waals surface area contributed by atoms with Gasteiger partial charge in [-0.1, -0.05) is 6.07 Å². The minimum Gasteiger partial charge on any atom is -0.493 e. The molecule has 2 aliphatic rings. The van der Waals surface area contributed by atoms with Gasteiger partial charge in [0, 0.05) is 0 Å². The summed E-state index contributed by atoms with van der Waals surface area (Å²) in [6, 6.07) is 6.23. The molecule has 2 aliphatic carbocycles. The van der Waals surface area contributed by atoms with Gasteiger partial charge in [-0.25, -0.2) is 0 Å². The summed E-state index contributed by atoms with van der Waals surface area (Å²) in [6.45, 7) is 3.80. The second kappa shape index (κ2) is 5.53. The number of ether oxygens (including phenoxy) is 2. The van der Waals surface area contributed by atoms with Crippen LogP contribution in [0.2, 0.25) is 0 Å². The highest BCUT2D eigenvalue weighted by atomic mass is 16.5. The van der Waals surface area contributed by atoms with Crippen molar-refractivity contribution in [2.75, 3.05) is 7.11 Å². The Hall–Kier alpha value is -1.22. The molecule has 3 heteroatoms. The zero-order valence-corrected chi connectivity index (χ0v) is 13.3. The SMILES string of the molecule is COc1ccc([C@@H]2C[C@H]2C(C)(C)O)cc1OC1CCCC1. The maximum atomic E-state index is 10.1. The molecule has 3 rings (SSSR count). The summed E-state index contributed by atoms with van der Waals surface area (Å²) >= 11 is 0. The van der Waals surface area contributed by atoms with Crippen LogP contribution in [0, 0.1) is 5.92 Å². The van der Waals surface area contributed by atoms with Gasteiger partial charge in [-0.2, -0.15) is 0 Å². The third-order valence-electron chi connectivity index (χ3n) is 4.91. The first-order chi connectivity index (χ1) is 9.99. The lowest BCUT2D eigenvalue weighted by molar-refractivity contribution is 0.0546. The van der Waals surface area contributed by atoms with Gasteiger partial charge < -0.3 is 14.6 Å². The smallest absolute Gasteiger partial charge is 0.161 e. The molecule has 1 N–H and O–H groups in total. The molecule has 2 saturated carbocycles. The number of aliphatic hydroxyl groups is 1. The minimum atomic E-state index is -0.600. The van der Waals surface area contributed by atoms with E-state index in [2.05, 4.69) is 12.1 Å². The standard InChI is InChI=1S/C18H26O3/c1-18(2,19)15-11-14(15)12-8-9-16(20-3)17(10-12)21-13-6-4-5-7-13/h8-10,13-15,19H,4-7,11H2,1-3H3/t14-,15+/m0/s1. The van der Waals surface area contributed by atoms with E-state index in [9.17, 15) is 5.11 Å². The van der Waals surface area contributed by atoms with Crippen LogP contribution < -0.4 is 9.47 Å². The van der Waals surface area contributed by atoms with Gasteiger partial charge in [0.1, 0.15) is 0 Å². The first-order valence-electron chi connectivity index (χ1n) is 8.06. The lowest BCUT2D eigenvalue weighted by Crippen LogP contribution is -2.22. The van der Waals surface area contributed by atoms with E-state index >= 15 is 0 Å². The van der Waals surface area contributed by atoms with Crippen LogP contribution in [0.4, 0.5) is 0 Å². The highest BCUT2D eigenvalue weighted by Crippen LogP contribution is 2.54. The fourth-order valence-electron chi connectivity index (χ4n) is 3.55. The van der Waals surface area contributed by atoms with Crippen molar-refractivity contribution in [3.8, 4) is 11.5 Å². The summed E-state index contributed by atoms with van der Waals surface area (Å²) in [5.74, 6) is 2.47. The van der Waals surface area contributed by atoms with Crippen LogP contribution in [0.1, 0.15) is 57.4 Å². The molecule has 1 aromatic rings. The molecule has 0 aromatic heterocycles. The fourth-order valence-corrected chi connectivity index (χ4v) is 3.55. The summed E-state index contributed by atoms with van der Waals surface area (Å²) in [7, 11) is 1.69. The van der Waals surface area contributed by atoms with Crippen molar-refractivity contribution in [1.29, 1.82) is 0 Å². The van der Waals surface area contributed by atoms with E-state index in [-0.39, 0.29) is 0 Å². The average Bonchev–Trinajstić information content (AvgIpc) is 3.11. The molecule has 0 radical (unpaired) electrons. The van der Waals surface area contributed by atoms with Crippen LogP contribution in [-0.4, -0.2) is 23.9 Å². The third-order valence-corrected chi connectivity index (χ3v) is 4.91. The van der Waals surface area contributed by atoms with Crippen LogP contribution in [0.5, 0.6) is 11.5 Å². The summed E-state index contributed by atoms with van der Waals surface area (Å²) < 4.78 is 11.6. The van der Waals surface area contributed by atoms with Gasteiger partial charge in [-0.15, -0.1) is 0 Å². The number of methoxy groups -OCH3 is 1. The Morgan fingerprint density at radius 1 is 1.14 bits per heavy atom. The van der Waals surface area contributed by atoms with E-state index in [1.807, 2.05) is 19.9 Å². The summed E-state index contributed by atoms with van der Waals surface area (Å²) in [5.41, 5.74) is 0.660. The number of rotatable bonds is 5. The third kappa shape index (κ3) is 3.18. The molecule has 0 unspecified atom stereocenters. The van der Waals surface area contributed by atoms with Crippen LogP contribution in [0.15, 0.2) is 18.2 Å². The van der Waals surface area contributed by atoms with Crippen LogP contribution in [0.3, 0.4) is 0 Å². The maximum absolute atomic E-state index is 10.1. The molecule has 3 nitrogen and oxygen atoms in total. The molecular weight excluding hydrogens is 264 g/mol. The zero-order chi connectivity index (χ0) is 15.0. The Bertz CT molecular complexity index is 498. The van der Waals surface area contributed by atoms with Gasteiger partial charge in [-0.05, 0) is 75.5 Å².